The van der Waals surface area contributed by atoms with E-state index in [1.165, 1.54) is 22.5 Å². The SMILES string of the molecule is Cc1ccc2sc(=NC(=O)c3ccc(Cl)cc3)n(C)c2c1C. The van der Waals surface area contributed by atoms with E-state index in [-0.39, 0.29) is 5.91 Å². The highest BCUT2D eigenvalue weighted by Gasteiger charge is 2.09. The molecule has 0 atom stereocenters. The van der Waals surface area contributed by atoms with Crippen molar-refractivity contribution in [2.45, 2.75) is 13.8 Å². The Bertz CT molecular complexity index is 936. The number of thiazole rings is 1. The third-order valence-corrected chi connectivity index (χ3v) is 5.13. The first-order valence-electron chi connectivity index (χ1n) is 6.88. The smallest absolute Gasteiger partial charge is 0.279 e. The number of hydrogen-bond acceptors (Lipinski definition) is 2. The summed E-state index contributed by atoms with van der Waals surface area (Å²) in [4.78, 5) is 17.3. The van der Waals surface area contributed by atoms with Crippen LogP contribution in [0.25, 0.3) is 10.2 Å². The molecule has 0 aliphatic heterocycles. The molecule has 0 saturated heterocycles. The molecule has 0 radical (unpaired) electrons. The van der Waals surface area contributed by atoms with E-state index in [0.29, 0.717) is 15.4 Å². The van der Waals surface area contributed by atoms with Crippen LogP contribution in [-0.4, -0.2) is 10.5 Å². The number of aryl methyl sites for hydroxylation is 3. The topological polar surface area (TPSA) is 34.4 Å². The molecule has 0 fully saturated rings. The van der Waals surface area contributed by atoms with E-state index in [2.05, 4.69) is 31.0 Å². The van der Waals surface area contributed by atoms with Crippen LogP contribution in [0.4, 0.5) is 0 Å². The Morgan fingerprint density at radius 3 is 2.50 bits per heavy atom. The number of nitrogens with zero attached hydrogens (tertiary/aromatic N) is 2. The monoisotopic (exact) mass is 330 g/mol. The highest BCUT2D eigenvalue weighted by atomic mass is 35.5. The summed E-state index contributed by atoms with van der Waals surface area (Å²) < 4.78 is 3.11. The fraction of sp³-hybridized carbons (Fsp3) is 0.176. The number of rotatable bonds is 1. The lowest BCUT2D eigenvalue weighted by molar-refractivity contribution is 0.0998. The Morgan fingerprint density at radius 1 is 1.14 bits per heavy atom. The summed E-state index contributed by atoms with van der Waals surface area (Å²) in [6.07, 6.45) is 0. The molecule has 2 aromatic carbocycles. The fourth-order valence-corrected chi connectivity index (χ4v) is 3.58. The second-order valence-electron chi connectivity index (χ2n) is 5.22. The maximum Gasteiger partial charge on any atom is 0.279 e. The summed E-state index contributed by atoms with van der Waals surface area (Å²) in [5.74, 6) is -0.256. The largest absolute Gasteiger partial charge is 0.319 e. The average Bonchev–Trinajstić information content (AvgIpc) is 2.81. The number of aromatic nitrogens is 1. The van der Waals surface area contributed by atoms with Crippen molar-refractivity contribution in [3.63, 3.8) is 0 Å². The van der Waals surface area contributed by atoms with Gasteiger partial charge >= 0.3 is 0 Å². The Hall–Kier alpha value is -1.91. The van der Waals surface area contributed by atoms with Crippen molar-refractivity contribution in [3.05, 3.63) is 62.9 Å². The van der Waals surface area contributed by atoms with E-state index in [1.807, 2.05) is 11.6 Å². The zero-order valence-electron chi connectivity index (χ0n) is 12.6. The maximum atomic E-state index is 12.3. The van der Waals surface area contributed by atoms with Crippen molar-refractivity contribution >= 4 is 39.1 Å². The molecular weight excluding hydrogens is 316 g/mol. The quantitative estimate of drug-likeness (QED) is 0.656. The molecule has 112 valence electrons. The standard InChI is InChI=1S/C17H15ClN2OS/c1-10-4-9-14-15(11(10)2)20(3)17(22-14)19-16(21)12-5-7-13(18)8-6-12/h4-9H,1-3H3. The zero-order chi connectivity index (χ0) is 15.9. The molecule has 0 spiro atoms. The number of carbonyl (C=O) groups excluding carboxylic acids is 1. The Labute approximate surface area is 137 Å². The fourth-order valence-electron chi connectivity index (χ4n) is 2.38. The van der Waals surface area contributed by atoms with Crippen molar-refractivity contribution in [1.82, 2.24) is 4.57 Å². The predicted octanol–water partition coefficient (Wildman–Crippen LogP) is 4.25. The first-order chi connectivity index (χ1) is 10.5. The first-order valence-corrected chi connectivity index (χ1v) is 8.07. The number of carbonyl (C=O) groups is 1. The van der Waals surface area contributed by atoms with E-state index in [9.17, 15) is 4.79 Å². The van der Waals surface area contributed by atoms with E-state index in [0.717, 1.165) is 10.2 Å². The van der Waals surface area contributed by atoms with Crippen molar-refractivity contribution in [3.8, 4) is 0 Å². The van der Waals surface area contributed by atoms with Gasteiger partial charge in [0.2, 0.25) is 0 Å². The molecule has 0 unspecified atom stereocenters. The van der Waals surface area contributed by atoms with Crippen molar-refractivity contribution in [2.75, 3.05) is 0 Å². The molecular formula is C17H15ClN2OS. The third kappa shape index (κ3) is 2.60. The van der Waals surface area contributed by atoms with Gasteiger partial charge in [0.15, 0.2) is 4.80 Å². The van der Waals surface area contributed by atoms with Gasteiger partial charge in [-0.05, 0) is 55.3 Å². The normalized spacial score (nSPS) is 12.1. The molecule has 1 aromatic heterocycles. The van der Waals surface area contributed by atoms with E-state index < -0.39 is 0 Å². The predicted molar refractivity (Wildman–Crippen MR) is 91.6 cm³/mol. The minimum absolute atomic E-state index is 0.256. The van der Waals surface area contributed by atoms with Crippen molar-refractivity contribution in [2.24, 2.45) is 12.0 Å². The minimum atomic E-state index is -0.256. The van der Waals surface area contributed by atoms with Crippen LogP contribution in [0, 0.1) is 13.8 Å². The van der Waals surface area contributed by atoms with Crippen LogP contribution in [0.2, 0.25) is 5.02 Å². The van der Waals surface area contributed by atoms with Gasteiger partial charge in [-0.15, -0.1) is 0 Å². The average molecular weight is 331 g/mol. The van der Waals surface area contributed by atoms with Gasteiger partial charge in [0.25, 0.3) is 5.91 Å². The minimum Gasteiger partial charge on any atom is -0.319 e. The number of benzene rings is 2. The molecule has 0 aliphatic carbocycles. The maximum absolute atomic E-state index is 12.3. The molecule has 5 heteroatoms. The van der Waals surface area contributed by atoms with Gasteiger partial charge in [0, 0.05) is 17.6 Å². The van der Waals surface area contributed by atoms with E-state index >= 15 is 0 Å². The van der Waals surface area contributed by atoms with Gasteiger partial charge in [-0.1, -0.05) is 29.0 Å². The van der Waals surface area contributed by atoms with Crippen LogP contribution in [0.1, 0.15) is 21.5 Å². The van der Waals surface area contributed by atoms with Crippen molar-refractivity contribution < 1.29 is 4.79 Å². The summed E-state index contributed by atoms with van der Waals surface area (Å²) in [6.45, 7) is 4.18. The molecule has 0 aliphatic rings. The lowest BCUT2D eigenvalue weighted by Crippen LogP contribution is -2.13. The zero-order valence-corrected chi connectivity index (χ0v) is 14.1. The third-order valence-electron chi connectivity index (χ3n) is 3.78. The number of hydrogen-bond donors (Lipinski definition) is 0. The van der Waals surface area contributed by atoms with E-state index in [4.69, 9.17) is 11.6 Å². The highest BCUT2D eigenvalue weighted by molar-refractivity contribution is 7.16. The van der Waals surface area contributed by atoms with Gasteiger partial charge in [-0.2, -0.15) is 4.99 Å². The van der Waals surface area contributed by atoms with Crippen LogP contribution in [-0.2, 0) is 7.05 Å². The Balaban J connectivity index is 2.13. The Morgan fingerprint density at radius 2 is 1.82 bits per heavy atom. The van der Waals surface area contributed by atoms with Crippen LogP contribution in [0.15, 0.2) is 41.4 Å². The molecule has 3 rings (SSSR count). The first kappa shape index (κ1) is 15.0. The van der Waals surface area contributed by atoms with Gasteiger partial charge in [-0.25, -0.2) is 0 Å². The molecule has 3 aromatic rings. The lowest BCUT2D eigenvalue weighted by Gasteiger charge is -2.03. The second-order valence-corrected chi connectivity index (χ2v) is 6.67. The summed E-state index contributed by atoms with van der Waals surface area (Å²) in [7, 11) is 1.94. The summed E-state index contributed by atoms with van der Waals surface area (Å²) in [5, 5.41) is 0.607. The molecule has 1 amide bonds. The number of amides is 1. The molecule has 3 nitrogen and oxygen atoms in total. The summed E-state index contributed by atoms with van der Waals surface area (Å²) >= 11 is 7.37. The molecule has 22 heavy (non-hydrogen) atoms. The van der Waals surface area contributed by atoms with Gasteiger partial charge in [0.1, 0.15) is 0 Å². The molecule has 0 N–H and O–H groups in total. The summed E-state index contributed by atoms with van der Waals surface area (Å²) in [5.41, 5.74) is 4.12. The van der Waals surface area contributed by atoms with Gasteiger partial charge in [0.05, 0.1) is 10.2 Å². The van der Waals surface area contributed by atoms with Crippen LogP contribution in [0.3, 0.4) is 0 Å². The molecule has 1 heterocycles. The van der Waals surface area contributed by atoms with Crippen LogP contribution < -0.4 is 4.80 Å². The van der Waals surface area contributed by atoms with Crippen LogP contribution in [0.5, 0.6) is 0 Å². The van der Waals surface area contributed by atoms with E-state index in [1.54, 1.807) is 24.3 Å². The lowest BCUT2D eigenvalue weighted by atomic mass is 10.1. The highest BCUT2D eigenvalue weighted by Crippen LogP contribution is 2.23. The van der Waals surface area contributed by atoms with Gasteiger partial charge < -0.3 is 4.57 Å². The second kappa shape index (κ2) is 5.71. The van der Waals surface area contributed by atoms with Crippen LogP contribution >= 0.6 is 22.9 Å². The van der Waals surface area contributed by atoms with Crippen molar-refractivity contribution in [1.29, 1.82) is 0 Å². The molecule has 0 bridgehead atoms. The molecule has 0 saturated carbocycles. The number of halogens is 1. The number of fused-ring (bicyclic) bond motifs is 1. The Kier molecular flexibility index (Phi) is 3.89. The van der Waals surface area contributed by atoms with Gasteiger partial charge in [-0.3, -0.25) is 4.79 Å². The summed E-state index contributed by atoms with van der Waals surface area (Å²) in [6, 6.07) is 11.0.